The number of benzene rings is 1. The first-order valence-electron chi connectivity index (χ1n) is 6.02. The SMILES string of the molecule is CN(C)C(=O)CCCOc1ccc(C=O)cc1[N+](=O)[O-]. The molecule has 0 aliphatic heterocycles. The van der Waals surface area contributed by atoms with Crippen LogP contribution in [0.25, 0.3) is 0 Å². The van der Waals surface area contributed by atoms with E-state index in [0.717, 1.165) is 6.07 Å². The molecule has 108 valence electrons. The van der Waals surface area contributed by atoms with Gasteiger partial charge in [-0.25, -0.2) is 0 Å². The molecule has 1 aromatic rings. The number of nitrogens with zero attached hydrogens (tertiary/aromatic N) is 2. The van der Waals surface area contributed by atoms with Crippen molar-refractivity contribution in [3.8, 4) is 5.75 Å². The van der Waals surface area contributed by atoms with E-state index in [1.165, 1.54) is 17.0 Å². The predicted molar refractivity (Wildman–Crippen MR) is 71.9 cm³/mol. The Hall–Kier alpha value is -2.44. The molecule has 0 spiro atoms. The monoisotopic (exact) mass is 280 g/mol. The fourth-order valence-corrected chi connectivity index (χ4v) is 1.50. The lowest BCUT2D eigenvalue weighted by molar-refractivity contribution is -0.385. The van der Waals surface area contributed by atoms with Crippen LogP contribution < -0.4 is 4.74 Å². The second kappa shape index (κ2) is 7.22. The van der Waals surface area contributed by atoms with Gasteiger partial charge in [0.05, 0.1) is 11.5 Å². The summed E-state index contributed by atoms with van der Waals surface area (Å²) >= 11 is 0. The third-order valence-electron chi connectivity index (χ3n) is 2.61. The van der Waals surface area contributed by atoms with E-state index in [4.69, 9.17) is 4.74 Å². The van der Waals surface area contributed by atoms with Crippen LogP contribution in [-0.2, 0) is 4.79 Å². The smallest absolute Gasteiger partial charge is 0.311 e. The van der Waals surface area contributed by atoms with Crippen LogP contribution >= 0.6 is 0 Å². The van der Waals surface area contributed by atoms with Crippen molar-refractivity contribution in [3.63, 3.8) is 0 Å². The number of carbonyl (C=O) groups excluding carboxylic acids is 2. The number of nitro groups is 1. The van der Waals surface area contributed by atoms with Gasteiger partial charge in [-0.15, -0.1) is 0 Å². The summed E-state index contributed by atoms with van der Waals surface area (Å²) in [6.07, 6.45) is 1.31. The quantitative estimate of drug-likeness (QED) is 0.328. The summed E-state index contributed by atoms with van der Waals surface area (Å²) in [6, 6.07) is 3.99. The van der Waals surface area contributed by atoms with Crippen molar-refractivity contribution < 1.29 is 19.2 Å². The largest absolute Gasteiger partial charge is 0.487 e. The molecule has 0 aliphatic carbocycles. The topological polar surface area (TPSA) is 89.8 Å². The van der Waals surface area contributed by atoms with E-state index in [1.54, 1.807) is 14.1 Å². The Balaban J connectivity index is 2.62. The molecule has 0 fully saturated rings. The summed E-state index contributed by atoms with van der Waals surface area (Å²) < 4.78 is 5.30. The molecule has 20 heavy (non-hydrogen) atoms. The highest BCUT2D eigenvalue weighted by Gasteiger charge is 2.16. The lowest BCUT2D eigenvalue weighted by atomic mass is 10.2. The number of nitro benzene ring substituents is 1. The van der Waals surface area contributed by atoms with Crippen molar-refractivity contribution in [2.45, 2.75) is 12.8 Å². The van der Waals surface area contributed by atoms with Gasteiger partial charge in [0.25, 0.3) is 0 Å². The third-order valence-corrected chi connectivity index (χ3v) is 2.61. The lowest BCUT2D eigenvalue weighted by Gasteiger charge is -2.10. The van der Waals surface area contributed by atoms with Crippen LogP contribution in [0.3, 0.4) is 0 Å². The minimum absolute atomic E-state index is 0.0283. The van der Waals surface area contributed by atoms with Crippen molar-refractivity contribution in [1.29, 1.82) is 0 Å². The molecule has 7 nitrogen and oxygen atoms in total. The minimum atomic E-state index is -0.604. The number of rotatable bonds is 7. The minimum Gasteiger partial charge on any atom is -0.487 e. The van der Waals surface area contributed by atoms with E-state index in [0.29, 0.717) is 19.1 Å². The van der Waals surface area contributed by atoms with E-state index in [2.05, 4.69) is 0 Å². The predicted octanol–water partition coefficient (Wildman–Crippen LogP) is 1.65. The second-order valence-corrected chi connectivity index (χ2v) is 4.34. The molecule has 0 bridgehead atoms. The number of hydrogen-bond acceptors (Lipinski definition) is 5. The average Bonchev–Trinajstić information content (AvgIpc) is 2.42. The van der Waals surface area contributed by atoms with Gasteiger partial charge in [0.2, 0.25) is 5.91 Å². The number of carbonyl (C=O) groups is 2. The van der Waals surface area contributed by atoms with Gasteiger partial charge in [-0.1, -0.05) is 0 Å². The van der Waals surface area contributed by atoms with Crippen molar-refractivity contribution in [2.24, 2.45) is 0 Å². The average molecular weight is 280 g/mol. The van der Waals surface area contributed by atoms with Crippen molar-refractivity contribution in [1.82, 2.24) is 4.90 Å². The number of hydrogen-bond donors (Lipinski definition) is 0. The van der Waals surface area contributed by atoms with Crippen molar-refractivity contribution in [3.05, 3.63) is 33.9 Å². The Labute approximate surface area is 116 Å². The zero-order valence-corrected chi connectivity index (χ0v) is 11.4. The Morgan fingerprint density at radius 3 is 2.70 bits per heavy atom. The zero-order chi connectivity index (χ0) is 15.1. The summed E-state index contributed by atoms with van der Waals surface area (Å²) in [6.45, 7) is 0.195. The third kappa shape index (κ3) is 4.34. The molecular weight excluding hydrogens is 264 g/mol. The maximum absolute atomic E-state index is 11.3. The molecule has 7 heteroatoms. The molecule has 0 saturated heterocycles. The first kappa shape index (κ1) is 15.6. The van der Waals surface area contributed by atoms with Crippen LogP contribution in [0.15, 0.2) is 18.2 Å². The van der Waals surface area contributed by atoms with Gasteiger partial charge >= 0.3 is 5.69 Å². The molecule has 0 atom stereocenters. The van der Waals surface area contributed by atoms with E-state index in [-0.39, 0.29) is 29.5 Å². The summed E-state index contributed by atoms with van der Waals surface area (Å²) in [5.74, 6) is 0.0669. The first-order valence-corrected chi connectivity index (χ1v) is 6.02. The number of amides is 1. The van der Waals surface area contributed by atoms with Gasteiger partial charge < -0.3 is 9.64 Å². The van der Waals surface area contributed by atoms with Gasteiger partial charge in [-0.2, -0.15) is 0 Å². The van der Waals surface area contributed by atoms with Gasteiger partial charge in [0, 0.05) is 32.1 Å². The van der Waals surface area contributed by atoms with E-state index < -0.39 is 4.92 Å². The van der Waals surface area contributed by atoms with Crippen LogP contribution in [0.5, 0.6) is 5.75 Å². The molecule has 0 saturated carbocycles. The molecule has 0 aromatic heterocycles. The van der Waals surface area contributed by atoms with Crippen LogP contribution in [0.2, 0.25) is 0 Å². The van der Waals surface area contributed by atoms with Crippen molar-refractivity contribution >= 4 is 17.9 Å². The second-order valence-electron chi connectivity index (χ2n) is 4.34. The van der Waals surface area contributed by atoms with Crippen molar-refractivity contribution in [2.75, 3.05) is 20.7 Å². The Morgan fingerprint density at radius 2 is 2.15 bits per heavy atom. The van der Waals surface area contributed by atoms with E-state index in [9.17, 15) is 19.7 Å². The fraction of sp³-hybridized carbons (Fsp3) is 0.385. The highest BCUT2D eigenvalue weighted by atomic mass is 16.6. The molecule has 1 rings (SSSR count). The molecule has 0 unspecified atom stereocenters. The standard InChI is InChI=1S/C13H16N2O5/c1-14(2)13(17)4-3-7-20-12-6-5-10(9-16)8-11(12)15(18)19/h5-6,8-9H,3-4,7H2,1-2H3. The van der Waals surface area contributed by atoms with Gasteiger partial charge in [0.15, 0.2) is 5.75 Å². The lowest BCUT2D eigenvalue weighted by Crippen LogP contribution is -2.21. The Bertz CT molecular complexity index is 513. The molecule has 0 aliphatic rings. The normalized spacial score (nSPS) is 9.90. The Kier molecular flexibility index (Phi) is 5.64. The van der Waals surface area contributed by atoms with Crippen LogP contribution in [0, 0.1) is 10.1 Å². The van der Waals surface area contributed by atoms with Gasteiger partial charge in [0.1, 0.15) is 6.29 Å². The summed E-state index contributed by atoms with van der Waals surface area (Å²) in [4.78, 5) is 33.7. The highest BCUT2D eigenvalue weighted by molar-refractivity contribution is 5.77. The molecule has 1 amide bonds. The van der Waals surface area contributed by atoms with Gasteiger partial charge in [-0.05, 0) is 18.6 Å². The number of ether oxygens (including phenoxy) is 1. The molecular formula is C13H16N2O5. The molecule has 0 heterocycles. The van der Waals surface area contributed by atoms with Gasteiger partial charge in [-0.3, -0.25) is 19.7 Å². The summed E-state index contributed by atoms with van der Waals surface area (Å²) in [5, 5.41) is 10.9. The Morgan fingerprint density at radius 1 is 1.45 bits per heavy atom. The molecule has 0 N–H and O–H groups in total. The number of aldehydes is 1. The first-order chi connectivity index (χ1) is 9.45. The van der Waals surface area contributed by atoms with Crippen LogP contribution in [0.1, 0.15) is 23.2 Å². The molecule has 0 radical (unpaired) electrons. The maximum atomic E-state index is 11.3. The summed E-state index contributed by atoms with van der Waals surface area (Å²) in [7, 11) is 3.32. The summed E-state index contributed by atoms with van der Waals surface area (Å²) in [5.41, 5.74) is -0.0413. The molecule has 1 aromatic carbocycles. The maximum Gasteiger partial charge on any atom is 0.311 e. The zero-order valence-electron chi connectivity index (χ0n) is 11.4. The van der Waals surface area contributed by atoms with Crippen LogP contribution in [-0.4, -0.2) is 42.7 Å². The fourth-order valence-electron chi connectivity index (χ4n) is 1.50. The highest BCUT2D eigenvalue weighted by Crippen LogP contribution is 2.27. The van der Waals surface area contributed by atoms with Crippen LogP contribution in [0.4, 0.5) is 5.69 Å². The van der Waals surface area contributed by atoms with E-state index in [1.807, 2.05) is 0 Å². The van der Waals surface area contributed by atoms with E-state index >= 15 is 0 Å².